The second-order valence-corrected chi connectivity index (χ2v) is 4.76. The van der Waals surface area contributed by atoms with Crippen molar-refractivity contribution >= 4 is 0 Å². The SMILES string of the molecule is CCC(NC)C(C)N(C)CCc1ccccc1. The van der Waals surface area contributed by atoms with Gasteiger partial charge in [-0.2, -0.15) is 0 Å². The number of rotatable bonds is 7. The first-order valence-electron chi connectivity index (χ1n) is 6.60. The van der Waals surface area contributed by atoms with Gasteiger partial charge in [0.1, 0.15) is 0 Å². The second kappa shape index (κ2) is 7.46. The predicted octanol–water partition coefficient (Wildman–Crippen LogP) is 2.55. The Morgan fingerprint density at radius 1 is 1.24 bits per heavy atom. The van der Waals surface area contributed by atoms with Crippen molar-refractivity contribution in [2.24, 2.45) is 0 Å². The van der Waals surface area contributed by atoms with E-state index >= 15 is 0 Å². The maximum Gasteiger partial charge on any atom is 0.0217 e. The van der Waals surface area contributed by atoms with E-state index in [4.69, 9.17) is 0 Å². The molecule has 2 nitrogen and oxygen atoms in total. The minimum atomic E-state index is 0.578. The summed E-state index contributed by atoms with van der Waals surface area (Å²) in [5, 5.41) is 3.39. The highest BCUT2D eigenvalue weighted by atomic mass is 15.2. The van der Waals surface area contributed by atoms with Gasteiger partial charge >= 0.3 is 0 Å². The minimum absolute atomic E-state index is 0.578. The maximum absolute atomic E-state index is 3.39. The molecular weight excluding hydrogens is 208 g/mol. The summed E-state index contributed by atoms with van der Waals surface area (Å²) in [7, 11) is 4.27. The maximum atomic E-state index is 3.39. The summed E-state index contributed by atoms with van der Waals surface area (Å²) >= 11 is 0. The summed E-state index contributed by atoms with van der Waals surface area (Å²) in [5.41, 5.74) is 1.42. The molecule has 0 spiro atoms. The van der Waals surface area contributed by atoms with E-state index in [0.29, 0.717) is 12.1 Å². The topological polar surface area (TPSA) is 15.3 Å². The summed E-state index contributed by atoms with van der Waals surface area (Å²) in [4.78, 5) is 2.44. The Balaban J connectivity index is 2.41. The Hall–Kier alpha value is -0.860. The number of likely N-dealkylation sites (N-methyl/N-ethyl adjacent to an activating group) is 2. The molecule has 0 amide bonds. The van der Waals surface area contributed by atoms with Gasteiger partial charge in [0, 0.05) is 18.6 Å². The molecule has 0 heterocycles. The zero-order valence-corrected chi connectivity index (χ0v) is 11.6. The zero-order chi connectivity index (χ0) is 12.7. The molecule has 17 heavy (non-hydrogen) atoms. The Labute approximate surface area is 106 Å². The lowest BCUT2D eigenvalue weighted by Gasteiger charge is -2.31. The Bertz CT molecular complexity index is 293. The van der Waals surface area contributed by atoms with Crippen LogP contribution in [-0.2, 0) is 6.42 Å². The molecule has 0 bridgehead atoms. The number of hydrogen-bond donors (Lipinski definition) is 1. The first-order valence-corrected chi connectivity index (χ1v) is 6.60. The molecule has 1 rings (SSSR count). The molecule has 2 heteroatoms. The van der Waals surface area contributed by atoms with E-state index in [1.165, 1.54) is 12.0 Å². The average Bonchev–Trinajstić information content (AvgIpc) is 2.38. The normalized spacial score (nSPS) is 14.9. The molecule has 0 aliphatic heterocycles. The third-order valence-corrected chi connectivity index (χ3v) is 3.68. The van der Waals surface area contributed by atoms with Crippen molar-refractivity contribution in [2.45, 2.75) is 38.8 Å². The van der Waals surface area contributed by atoms with Crippen molar-refractivity contribution in [2.75, 3.05) is 20.6 Å². The fourth-order valence-corrected chi connectivity index (χ4v) is 2.25. The zero-order valence-electron chi connectivity index (χ0n) is 11.6. The van der Waals surface area contributed by atoms with E-state index in [0.717, 1.165) is 13.0 Å². The lowest BCUT2D eigenvalue weighted by molar-refractivity contribution is 0.210. The van der Waals surface area contributed by atoms with Crippen LogP contribution in [0.1, 0.15) is 25.8 Å². The third kappa shape index (κ3) is 4.49. The monoisotopic (exact) mass is 234 g/mol. The Morgan fingerprint density at radius 2 is 1.88 bits per heavy atom. The number of nitrogens with zero attached hydrogens (tertiary/aromatic N) is 1. The van der Waals surface area contributed by atoms with Crippen molar-refractivity contribution in [3.8, 4) is 0 Å². The Kier molecular flexibility index (Phi) is 6.23. The number of nitrogens with one attached hydrogen (secondary N) is 1. The molecule has 0 saturated carbocycles. The first-order chi connectivity index (χ1) is 8.19. The van der Waals surface area contributed by atoms with E-state index in [2.05, 4.69) is 68.5 Å². The molecule has 96 valence electrons. The van der Waals surface area contributed by atoms with Gasteiger partial charge in [0.25, 0.3) is 0 Å². The number of benzene rings is 1. The van der Waals surface area contributed by atoms with Crippen molar-refractivity contribution in [3.05, 3.63) is 35.9 Å². The van der Waals surface area contributed by atoms with Crippen molar-refractivity contribution < 1.29 is 0 Å². The van der Waals surface area contributed by atoms with Gasteiger partial charge in [-0.15, -0.1) is 0 Å². The summed E-state index contributed by atoms with van der Waals surface area (Å²) < 4.78 is 0. The van der Waals surface area contributed by atoms with Gasteiger partial charge in [0.15, 0.2) is 0 Å². The van der Waals surface area contributed by atoms with E-state index in [1.54, 1.807) is 0 Å². The van der Waals surface area contributed by atoms with Crippen molar-refractivity contribution in [1.29, 1.82) is 0 Å². The fraction of sp³-hybridized carbons (Fsp3) is 0.600. The van der Waals surface area contributed by atoms with Crippen LogP contribution in [0.4, 0.5) is 0 Å². The molecule has 0 aliphatic rings. The van der Waals surface area contributed by atoms with Gasteiger partial charge < -0.3 is 10.2 Å². The molecule has 1 N–H and O–H groups in total. The molecular formula is C15H26N2. The molecule has 1 aromatic carbocycles. The average molecular weight is 234 g/mol. The second-order valence-electron chi connectivity index (χ2n) is 4.76. The fourth-order valence-electron chi connectivity index (χ4n) is 2.25. The molecule has 0 radical (unpaired) electrons. The highest BCUT2D eigenvalue weighted by molar-refractivity contribution is 5.14. The van der Waals surface area contributed by atoms with Crippen LogP contribution >= 0.6 is 0 Å². The van der Waals surface area contributed by atoms with Crippen LogP contribution in [0.15, 0.2) is 30.3 Å². The van der Waals surface area contributed by atoms with Gasteiger partial charge in [-0.3, -0.25) is 0 Å². The molecule has 2 atom stereocenters. The molecule has 0 aromatic heterocycles. The summed E-state index contributed by atoms with van der Waals surface area (Å²) in [5.74, 6) is 0. The molecule has 0 fully saturated rings. The quantitative estimate of drug-likeness (QED) is 0.780. The lowest BCUT2D eigenvalue weighted by Crippen LogP contribution is -2.45. The van der Waals surface area contributed by atoms with Gasteiger partial charge in [-0.05, 0) is 39.4 Å². The predicted molar refractivity (Wildman–Crippen MR) is 75.4 cm³/mol. The highest BCUT2D eigenvalue weighted by Crippen LogP contribution is 2.07. The van der Waals surface area contributed by atoms with Crippen LogP contribution in [-0.4, -0.2) is 37.6 Å². The molecule has 2 unspecified atom stereocenters. The first kappa shape index (κ1) is 14.2. The van der Waals surface area contributed by atoms with Gasteiger partial charge in [-0.1, -0.05) is 37.3 Å². The summed E-state index contributed by atoms with van der Waals surface area (Å²) in [6.07, 6.45) is 2.30. The van der Waals surface area contributed by atoms with E-state index in [9.17, 15) is 0 Å². The van der Waals surface area contributed by atoms with E-state index in [-0.39, 0.29) is 0 Å². The van der Waals surface area contributed by atoms with Crippen LogP contribution in [0.5, 0.6) is 0 Å². The van der Waals surface area contributed by atoms with Crippen LogP contribution in [0, 0.1) is 0 Å². The minimum Gasteiger partial charge on any atom is -0.315 e. The van der Waals surface area contributed by atoms with E-state index < -0.39 is 0 Å². The van der Waals surface area contributed by atoms with Gasteiger partial charge in [0.05, 0.1) is 0 Å². The van der Waals surface area contributed by atoms with Gasteiger partial charge in [0.2, 0.25) is 0 Å². The standard InChI is InChI=1S/C15H26N2/c1-5-15(16-3)13(2)17(4)12-11-14-9-7-6-8-10-14/h6-10,13,15-16H,5,11-12H2,1-4H3. The van der Waals surface area contributed by atoms with E-state index in [1.807, 2.05) is 0 Å². The van der Waals surface area contributed by atoms with Crippen molar-refractivity contribution in [3.63, 3.8) is 0 Å². The Morgan fingerprint density at radius 3 is 2.41 bits per heavy atom. The highest BCUT2D eigenvalue weighted by Gasteiger charge is 2.17. The van der Waals surface area contributed by atoms with Crippen LogP contribution < -0.4 is 5.32 Å². The third-order valence-electron chi connectivity index (χ3n) is 3.68. The lowest BCUT2D eigenvalue weighted by atomic mass is 10.1. The summed E-state index contributed by atoms with van der Waals surface area (Å²) in [6, 6.07) is 11.9. The van der Waals surface area contributed by atoms with Crippen LogP contribution in [0.25, 0.3) is 0 Å². The van der Waals surface area contributed by atoms with Crippen molar-refractivity contribution in [1.82, 2.24) is 10.2 Å². The molecule has 0 aliphatic carbocycles. The largest absolute Gasteiger partial charge is 0.315 e. The van der Waals surface area contributed by atoms with Crippen LogP contribution in [0.3, 0.4) is 0 Å². The van der Waals surface area contributed by atoms with Crippen LogP contribution in [0.2, 0.25) is 0 Å². The molecule has 0 saturated heterocycles. The van der Waals surface area contributed by atoms with Gasteiger partial charge in [-0.25, -0.2) is 0 Å². The summed E-state index contributed by atoms with van der Waals surface area (Å²) in [6.45, 7) is 5.65. The number of hydrogen-bond acceptors (Lipinski definition) is 2. The molecule has 1 aromatic rings. The smallest absolute Gasteiger partial charge is 0.0217 e.